The highest BCUT2D eigenvalue weighted by Crippen LogP contribution is 2.46. The van der Waals surface area contributed by atoms with Crippen LogP contribution in [0.25, 0.3) is 0 Å². The minimum atomic E-state index is -2.55. The fourth-order valence-electron chi connectivity index (χ4n) is 3.33. The van der Waals surface area contributed by atoms with Crippen molar-refractivity contribution >= 4 is 8.56 Å². The maximum absolute atomic E-state index is 14.0. The summed E-state index contributed by atoms with van der Waals surface area (Å²) >= 11 is 0. The molecule has 0 saturated heterocycles. The number of halogens is 5. The average molecular weight is 354 g/mol. The Balaban J connectivity index is 2.40. The summed E-state index contributed by atoms with van der Waals surface area (Å²) in [5.41, 5.74) is -0.791. The van der Waals surface area contributed by atoms with Crippen molar-refractivity contribution in [1.82, 2.24) is 0 Å². The van der Waals surface area contributed by atoms with Crippen LogP contribution in [0.5, 0.6) is 0 Å². The molecular weight excluding hydrogens is 335 g/mol. The van der Waals surface area contributed by atoms with Crippen molar-refractivity contribution in [3.05, 3.63) is 34.6 Å². The summed E-state index contributed by atoms with van der Waals surface area (Å²) in [6, 6.07) is 0. The van der Waals surface area contributed by atoms with Gasteiger partial charge in [-0.1, -0.05) is 6.42 Å². The molecule has 0 heterocycles. The second-order valence-electron chi connectivity index (χ2n) is 5.97. The lowest BCUT2D eigenvalue weighted by Crippen LogP contribution is -2.43. The van der Waals surface area contributed by atoms with Crippen LogP contribution in [0.4, 0.5) is 22.0 Å². The van der Waals surface area contributed by atoms with Crippen LogP contribution in [-0.4, -0.2) is 22.8 Å². The summed E-state index contributed by atoms with van der Waals surface area (Å²) in [5, 5.41) is 0. The van der Waals surface area contributed by atoms with E-state index in [1.165, 1.54) is 14.2 Å². The summed E-state index contributed by atoms with van der Waals surface area (Å²) in [7, 11) is 0.473. The van der Waals surface area contributed by atoms with E-state index in [-0.39, 0.29) is 12.0 Å². The van der Waals surface area contributed by atoms with Crippen LogP contribution in [-0.2, 0) is 8.85 Å². The molecular formula is C15H19F5O2Si. The van der Waals surface area contributed by atoms with Gasteiger partial charge in [-0.05, 0) is 31.7 Å². The Hall–Kier alpha value is -0.993. The first-order valence-electron chi connectivity index (χ1n) is 7.38. The first-order chi connectivity index (χ1) is 10.8. The molecule has 0 N–H and O–H groups in total. The molecule has 0 bridgehead atoms. The van der Waals surface area contributed by atoms with Crippen LogP contribution in [0.15, 0.2) is 0 Å². The Kier molecular flexibility index (Phi) is 5.47. The quantitative estimate of drug-likeness (QED) is 0.335. The van der Waals surface area contributed by atoms with Crippen LogP contribution in [0.3, 0.4) is 0 Å². The molecule has 2 nitrogen and oxygen atoms in total. The Morgan fingerprint density at radius 2 is 1.30 bits per heavy atom. The zero-order chi connectivity index (χ0) is 17.4. The minimum Gasteiger partial charge on any atom is -0.398 e. The fraction of sp³-hybridized carbons (Fsp3) is 0.600. The van der Waals surface area contributed by atoms with E-state index in [2.05, 4.69) is 0 Å². The van der Waals surface area contributed by atoms with Gasteiger partial charge in [0.2, 0.25) is 5.82 Å². The molecule has 1 aliphatic rings. The normalized spacial score (nSPS) is 22.4. The molecule has 8 heteroatoms. The van der Waals surface area contributed by atoms with E-state index in [4.69, 9.17) is 8.85 Å². The summed E-state index contributed by atoms with van der Waals surface area (Å²) in [6.07, 6.45) is 2.01. The van der Waals surface area contributed by atoms with Gasteiger partial charge in [-0.25, -0.2) is 22.0 Å². The third kappa shape index (κ3) is 3.16. The number of rotatable bonds is 4. The van der Waals surface area contributed by atoms with Crippen LogP contribution >= 0.6 is 0 Å². The molecule has 1 fully saturated rings. The van der Waals surface area contributed by atoms with Crippen LogP contribution in [0.1, 0.15) is 37.2 Å². The lowest BCUT2D eigenvalue weighted by Gasteiger charge is -2.38. The second kappa shape index (κ2) is 6.86. The average Bonchev–Trinajstić information content (AvgIpc) is 2.58. The highest BCUT2D eigenvalue weighted by molar-refractivity contribution is 6.67. The first-order valence-corrected chi connectivity index (χ1v) is 9.77. The molecule has 0 amide bonds. The molecule has 2 unspecified atom stereocenters. The standard InChI is InChI=1S/C15H19F5O2Si/c1-21-23(3,22-2)9-6-4-5-8(7-9)10-11(16)13(18)15(20)14(19)12(10)17/h8-9H,4-7H2,1-3H3. The molecule has 1 aliphatic carbocycles. The van der Waals surface area contributed by atoms with Gasteiger partial charge >= 0.3 is 8.56 Å². The first kappa shape index (κ1) is 18.3. The summed E-state index contributed by atoms with van der Waals surface area (Å²) < 4.78 is 78.9. The zero-order valence-corrected chi connectivity index (χ0v) is 14.2. The molecule has 1 aromatic rings. The van der Waals surface area contributed by atoms with Crippen molar-refractivity contribution in [3.63, 3.8) is 0 Å². The number of hydrogen-bond donors (Lipinski definition) is 0. The van der Waals surface area contributed by atoms with E-state index in [1.807, 2.05) is 6.55 Å². The van der Waals surface area contributed by atoms with Crippen molar-refractivity contribution in [3.8, 4) is 0 Å². The van der Waals surface area contributed by atoms with Crippen molar-refractivity contribution in [2.24, 2.45) is 0 Å². The highest BCUT2D eigenvalue weighted by atomic mass is 28.4. The maximum Gasteiger partial charge on any atom is 0.337 e. The Morgan fingerprint density at radius 1 is 0.826 bits per heavy atom. The molecule has 0 spiro atoms. The molecule has 130 valence electrons. The lowest BCUT2D eigenvalue weighted by molar-refractivity contribution is 0.219. The third-order valence-electron chi connectivity index (χ3n) is 4.88. The van der Waals surface area contributed by atoms with Gasteiger partial charge in [0.25, 0.3) is 0 Å². The summed E-state index contributed by atoms with van der Waals surface area (Å²) in [4.78, 5) is 0. The van der Waals surface area contributed by atoms with Gasteiger partial charge in [-0.3, -0.25) is 0 Å². The highest BCUT2D eigenvalue weighted by Gasteiger charge is 2.43. The molecule has 0 aromatic heterocycles. The smallest absolute Gasteiger partial charge is 0.337 e. The summed E-state index contributed by atoms with van der Waals surface area (Å²) in [6.45, 7) is 1.83. The Bertz CT molecular complexity index is 563. The molecule has 0 aliphatic heterocycles. The van der Waals surface area contributed by atoms with E-state index in [1.54, 1.807) is 0 Å². The van der Waals surface area contributed by atoms with Crippen LogP contribution < -0.4 is 0 Å². The van der Waals surface area contributed by atoms with Crippen LogP contribution in [0.2, 0.25) is 12.1 Å². The molecule has 2 rings (SSSR count). The summed E-state index contributed by atoms with van der Waals surface area (Å²) in [5.74, 6) is -10.1. The topological polar surface area (TPSA) is 18.5 Å². The molecule has 23 heavy (non-hydrogen) atoms. The van der Waals surface area contributed by atoms with Crippen molar-refractivity contribution in [2.75, 3.05) is 14.2 Å². The second-order valence-corrected chi connectivity index (χ2v) is 9.63. The van der Waals surface area contributed by atoms with E-state index in [9.17, 15) is 22.0 Å². The van der Waals surface area contributed by atoms with E-state index in [0.717, 1.165) is 6.42 Å². The lowest BCUT2D eigenvalue weighted by atomic mass is 9.83. The number of hydrogen-bond acceptors (Lipinski definition) is 2. The largest absolute Gasteiger partial charge is 0.398 e. The van der Waals surface area contributed by atoms with Crippen molar-refractivity contribution < 1.29 is 30.8 Å². The predicted octanol–water partition coefficient (Wildman–Crippen LogP) is 4.77. The van der Waals surface area contributed by atoms with E-state index < -0.39 is 49.1 Å². The van der Waals surface area contributed by atoms with Gasteiger partial charge in [-0.15, -0.1) is 0 Å². The van der Waals surface area contributed by atoms with Crippen molar-refractivity contribution in [2.45, 2.75) is 43.7 Å². The molecule has 1 aromatic carbocycles. The Morgan fingerprint density at radius 3 is 1.78 bits per heavy atom. The minimum absolute atomic E-state index is 0.0776. The molecule has 0 radical (unpaired) electrons. The van der Waals surface area contributed by atoms with Crippen molar-refractivity contribution in [1.29, 1.82) is 0 Å². The predicted molar refractivity (Wildman–Crippen MR) is 76.8 cm³/mol. The molecule has 2 atom stereocenters. The fourth-order valence-corrected chi connectivity index (χ4v) is 5.60. The van der Waals surface area contributed by atoms with Gasteiger partial charge in [-0.2, -0.15) is 0 Å². The number of benzene rings is 1. The van der Waals surface area contributed by atoms with Gasteiger partial charge < -0.3 is 8.85 Å². The monoisotopic (exact) mass is 354 g/mol. The van der Waals surface area contributed by atoms with Gasteiger partial charge in [0.05, 0.1) is 0 Å². The van der Waals surface area contributed by atoms with E-state index >= 15 is 0 Å². The Labute approximate surface area is 132 Å². The van der Waals surface area contributed by atoms with Gasteiger partial charge in [0.1, 0.15) is 0 Å². The van der Waals surface area contributed by atoms with Gasteiger partial charge in [0.15, 0.2) is 23.3 Å². The molecule has 1 saturated carbocycles. The SMILES string of the molecule is CO[Si](C)(OC)C1CCCC(c2c(F)c(F)c(F)c(F)c2F)C1. The van der Waals surface area contributed by atoms with Crippen LogP contribution in [0, 0.1) is 29.1 Å². The zero-order valence-electron chi connectivity index (χ0n) is 13.2. The van der Waals surface area contributed by atoms with E-state index in [0.29, 0.717) is 12.8 Å². The van der Waals surface area contributed by atoms with Gasteiger partial charge in [0, 0.05) is 25.3 Å². The maximum atomic E-state index is 14.0. The third-order valence-corrected chi connectivity index (χ3v) is 8.51.